The van der Waals surface area contributed by atoms with Crippen molar-refractivity contribution >= 4 is 11.0 Å². The minimum Gasteiger partial charge on any atom is -0.393 e. The monoisotopic (exact) mass is 283 g/mol. The van der Waals surface area contributed by atoms with Gasteiger partial charge in [-0.2, -0.15) is 0 Å². The van der Waals surface area contributed by atoms with Crippen molar-refractivity contribution < 1.29 is 10.6 Å². The lowest BCUT2D eigenvalue weighted by Crippen LogP contribution is -2.39. The van der Waals surface area contributed by atoms with Gasteiger partial charge in [-0.1, -0.05) is 0 Å². The van der Waals surface area contributed by atoms with E-state index in [0.717, 1.165) is 4.57 Å². The molecule has 0 aliphatic rings. The van der Waals surface area contributed by atoms with Crippen molar-refractivity contribution in [1.82, 2.24) is 13.7 Å². The first-order valence-electron chi connectivity index (χ1n) is 8.44. The number of aromatic nitrogens is 3. The first kappa shape index (κ1) is 9.99. The fourth-order valence-corrected chi connectivity index (χ4v) is 2.37. The quantitative estimate of drug-likeness (QED) is 0.817. The van der Waals surface area contributed by atoms with Crippen LogP contribution in [0.4, 0.5) is 0 Å². The molecule has 2 heterocycles. The fraction of sp³-hybridized carbons (Fsp3) is 0.571. The molecular formula is C14H21N3O3. The van der Waals surface area contributed by atoms with Crippen molar-refractivity contribution in [3.63, 3.8) is 0 Å². The molecule has 1 atom stereocenters. The van der Waals surface area contributed by atoms with Gasteiger partial charge in [-0.15, -0.1) is 0 Å². The van der Waals surface area contributed by atoms with E-state index in [9.17, 15) is 14.7 Å². The summed E-state index contributed by atoms with van der Waals surface area (Å²) < 4.78 is 33.0. The van der Waals surface area contributed by atoms with Crippen LogP contribution in [0.5, 0.6) is 0 Å². The van der Waals surface area contributed by atoms with Gasteiger partial charge in [0.25, 0.3) is 5.56 Å². The van der Waals surface area contributed by atoms with Crippen LogP contribution in [0.25, 0.3) is 11.0 Å². The second-order valence-corrected chi connectivity index (χ2v) is 4.87. The van der Waals surface area contributed by atoms with E-state index in [1.165, 1.54) is 4.57 Å². The molecule has 2 aromatic heterocycles. The highest BCUT2D eigenvalue weighted by Gasteiger charge is 2.12. The van der Waals surface area contributed by atoms with Gasteiger partial charge < -0.3 is 9.67 Å². The largest absolute Gasteiger partial charge is 0.393 e. The van der Waals surface area contributed by atoms with Gasteiger partial charge in [-0.25, -0.2) is 4.79 Å². The highest BCUT2D eigenvalue weighted by molar-refractivity contribution is 5.75. The Hall–Kier alpha value is -1.82. The maximum Gasteiger partial charge on any atom is 0.332 e. The van der Waals surface area contributed by atoms with E-state index in [-0.39, 0.29) is 19.4 Å². The number of nitrogens with zero attached hydrogens (tertiary/aromatic N) is 3. The molecule has 2 aromatic rings. The van der Waals surface area contributed by atoms with Crippen LogP contribution < -0.4 is 11.2 Å². The van der Waals surface area contributed by atoms with Crippen LogP contribution in [-0.4, -0.2) is 24.9 Å². The highest BCUT2D eigenvalue weighted by Crippen LogP contribution is 2.07. The molecule has 0 saturated heterocycles. The van der Waals surface area contributed by atoms with Crippen molar-refractivity contribution in [2.24, 2.45) is 14.1 Å². The lowest BCUT2D eigenvalue weighted by atomic mass is 10.2. The molecule has 110 valence electrons. The van der Waals surface area contributed by atoms with E-state index >= 15 is 0 Å². The molecule has 0 aromatic carbocycles. The van der Waals surface area contributed by atoms with Crippen LogP contribution >= 0.6 is 0 Å². The van der Waals surface area contributed by atoms with E-state index in [2.05, 4.69) is 0 Å². The maximum atomic E-state index is 12.4. The van der Waals surface area contributed by atoms with Crippen LogP contribution in [0.15, 0.2) is 21.9 Å². The molecule has 0 radical (unpaired) electrons. The van der Waals surface area contributed by atoms with Gasteiger partial charge in [0.05, 0.1) is 12.8 Å². The van der Waals surface area contributed by atoms with Crippen LogP contribution in [0.3, 0.4) is 0 Å². The smallest absolute Gasteiger partial charge is 0.332 e. The minimum absolute atomic E-state index is 0.105. The molecule has 1 N–H and O–H groups in total. The Balaban J connectivity index is 2.18. The van der Waals surface area contributed by atoms with Crippen molar-refractivity contribution in [2.75, 3.05) is 0 Å². The van der Waals surface area contributed by atoms with Gasteiger partial charge in [-0.3, -0.25) is 13.9 Å². The Bertz CT molecular complexity index is 861. The summed E-state index contributed by atoms with van der Waals surface area (Å²) in [6.45, 7) is -2.68. The normalized spacial score (nSPS) is 18.1. The van der Waals surface area contributed by atoms with Gasteiger partial charge in [0, 0.05) is 30.9 Å². The Kier molecular flexibility index (Phi) is 2.83. The predicted octanol–water partition coefficient (Wildman–Crippen LogP) is 0.590. The molecule has 0 amide bonds. The molecule has 2 rings (SSSR count). The van der Waals surface area contributed by atoms with Crippen molar-refractivity contribution in [3.05, 3.63) is 33.1 Å². The lowest BCUT2D eigenvalue weighted by Gasteiger charge is -2.10. The molecule has 1 unspecified atom stereocenters. The van der Waals surface area contributed by atoms with Crippen molar-refractivity contribution in [2.45, 2.75) is 38.7 Å². The van der Waals surface area contributed by atoms with Gasteiger partial charge in [0.15, 0.2) is 0 Å². The van der Waals surface area contributed by atoms with E-state index in [1.807, 2.05) is 0 Å². The summed E-state index contributed by atoms with van der Waals surface area (Å²) in [6.07, 6.45) is -0.559. The number of hydrogen-bond donors (Lipinski definition) is 1. The first-order chi connectivity index (χ1) is 11.0. The summed E-state index contributed by atoms with van der Waals surface area (Å²) in [7, 11) is 3.33. The Morgan fingerprint density at radius 3 is 2.85 bits per heavy atom. The first-order valence-corrected chi connectivity index (χ1v) is 6.44. The molecule has 6 nitrogen and oxygen atoms in total. The number of unbranched alkanes of at least 4 members (excludes halogenated alkanes) is 1. The molecule has 0 aliphatic heterocycles. The maximum absolute atomic E-state index is 12.4. The third-order valence-electron chi connectivity index (χ3n) is 3.40. The van der Waals surface area contributed by atoms with Gasteiger partial charge in [-0.05, 0) is 32.2 Å². The van der Waals surface area contributed by atoms with Crippen LogP contribution in [-0.2, 0) is 20.6 Å². The molecule has 6 heteroatoms. The number of rotatable bonds is 5. The van der Waals surface area contributed by atoms with Crippen LogP contribution in [0.2, 0.25) is 0 Å². The second kappa shape index (κ2) is 5.66. The molecule has 0 bridgehead atoms. The zero-order chi connectivity index (χ0) is 18.3. The number of aryl methyl sites for hydroxylation is 2. The summed E-state index contributed by atoms with van der Waals surface area (Å²) in [6, 6.07) is 1.64. The number of fused-ring (bicyclic) bond motifs is 1. The lowest BCUT2D eigenvalue weighted by molar-refractivity contribution is 0.180. The Labute approximate surface area is 122 Å². The third kappa shape index (κ3) is 2.56. The average molecular weight is 283 g/mol. The number of aliphatic hydroxyl groups is 1. The van der Waals surface area contributed by atoms with E-state index < -0.39 is 24.2 Å². The van der Waals surface area contributed by atoms with Crippen LogP contribution in [0.1, 0.15) is 31.6 Å². The summed E-state index contributed by atoms with van der Waals surface area (Å²) in [4.78, 5) is 24.8. The van der Waals surface area contributed by atoms with E-state index in [4.69, 9.17) is 5.48 Å². The standard InChI is InChI=1S/C14H21N3O3/c1-10(18)6-4-5-8-17-13(19)11-7-9-15(2)12(11)16(3)14(17)20/h7,9-10,18H,4-6,8H2,1-3H3/i1D3,10D. The van der Waals surface area contributed by atoms with Gasteiger partial charge >= 0.3 is 5.69 Å². The Morgan fingerprint density at radius 2 is 2.15 bits per heavy atom. The fourth-order valence-electron chi connectivity index (χ4n) is 2.37. The molecule has 20 heavy (non-hydrogen) atoms. The average Bonchev–Trinajstić information content (AvgIpc) is 2.85. The van der Waals surface area contributed by atoms with Gasteiger partial charge in [0.1, 0.15) is 5.65 Å². The third-order valence-corrected chi connectivity index (χ3v) is 3.40. The van der Waals surface area contributed by atoms with Crippen LogP contribution in [0, 0.1) is 0 Å². The van der Waals surface area contributed by atoms with Crippen molar-refractivity contribution in [1.29, 1.82) is 0 Å². The molecule has 0 saturated carbocycles. The van der Waals surface area contributed by atoms with Gasteiger partial charge in [0.2, 0.25) is 0 Å². The molecule has 0 spiro atoms. The zero-order valence-corrected chi connectivity index (χ0v) is 11.6. The van der Waals surface area contributed by atoms with Crippen molar-refractivity contribution in [3.8, 4) is 0 Å². The topological polar surface area (TPSA) is 69.2 Å². The minimum atomic E-state index is -2.79. The Morgan fingerprint density at radius 1 is 1.40 bits per heavy atom. The molecule has 0 aliphatic carbocycles. The molecular weight excluding hydrogens is 258 g/mol. The summed E-state index contributed by atoms with van der Waals surface area (Å²) >= 11 is 0. The summed E-state index contributed by atoms with van der Waals surface area (Å²) in [5.41, 5.74) is -0.318. The number of hydrogen-bond acceptors (Lipinski definition) is 3. The molecule has 0 fully saturated rings. The SMILES string of the molecule is [2H]C([2H])([2H])C([2H])(O)CCCCn1c(=O)c2ccn(C)c2n(C)c1=O. The zero-order valence-electron chi connectivity index (χ0n) is 15.6. The summed E-state index contributed by atoms with van der Waals surface area (Å²) in [5, 5.41) is 10.0. The van der Waals surface area contributed by atoms with E-state index in [0.29, 0.717) is 17.5 Å². The van der Waals surface area contributed by atoms with E-state index in [1.54, 1.807) is 30.9 Å². The summed E-state index contributed by atoms with van der Waals surface area (Å²) in [5.74, 6) is 0. The second-order valence-electron chi connectivity index (χ2n) is 4.87. The highest BCUT2D eigenvalue weighted by atomic mass is 16.3. The predicted molar refractivity (Wildman–Crippen MR) is 78.0 cm³/mol.